The first-order chi connectivity index (χ1) is 13.0. The Bertz CT molecular complexity index is 847. The minimum absolute atomic E-state index is 0.00223. The van der Waals surface area contributed by atoms with Crippen molar-refractivity contribution in [3.63, 3.8) is 0 Å². The second-order valence-electron chi connectivity index (χ2n) is 6.39. The van der Waals surface area contributed by atoms with Gasteiger partial charge in [0.2, 0.25) is 0 Å². The van der Waals surface area contributed by atoms with E-state index in [1.165, 1.54) is 7.11 Å². The van der Waals surface area contributed by atoms with Gasteiger partial charge in [-0.2, -0.15) is 0 Å². The van der Waals surface area contributed by atoms with Crippen molar-refractivity contribution < 1.29 is 14.3 Å². The Morgan fingerprint density at radius 2 is 1.89 bits per heavy atom. The van der Waals surface area contributed by atoms with Crippen LogP contribution in [0.25, 0.3) is 0 Å². The lowest BCUT2D eigenvalue weighted by atomic mass is 10.0. The lowest BCUT2D eigenvalue weighted by Crippen LogP contribution is -2.27. The van der Waals surface area contributed by atoms with Gasteiger partial charge < -0.3 is 15.8 Å². The van der Waals surface area contributed by atoms with Gasteiger partial charge in [0.1, 0.15) is 5.84 Å². The maximum Gasteiger partial charge on any atom is 0.322 e. The molecular formula is C20H22N4O3. The van der Waals surface area contributed by atoms with Crippen molar-refractivity contribution in [3.05, 3.63) is 65.2 Å². The number of esters is 1. The van der Waals surface area contributed by atoms with Crippen LogP contribution >= 0.6 is 0 Å². The number of ether oxygens (including phenoxy) is 1. The molecule has 3 rings (SSSR count). The predicted octanol–water partition coefficient (Wildman–Crippen LogP) is 2.35. The third-order valence-electron chi connectivity index (χ3n) is 4.63. The molecule has 27 heavy (non-hydrogen) atoms. The van der Waals surface area contributed by atoms with Crippen LogP contribution in [0.15, 0.2) is 48.5 Å². The van der Waals surface area contributed by atoms with Gasteiger partial charge in [0.25, 0.3) is 0 Å². The number of amidine groups is 1. The zero-order chi connectivity index (χ0) is 19.4. The number of hydrogen-bond acceptors (Lipinski definition) is 4. The van der Waals surface area contributed by atoms with Gasteiger partial charge in [-0.3, -0.25) is 15.1 Å². The van der Waals surface area contributed by atoms with Crippen molar-refractivity contribution in [2.45, 2.75) is 18.9 Å². The van der Waals surface area contributed by atoms with E-state index in [1.54, 1.807) is 29.2 Å². The smallest absolute Gasteiger partial charge is 0.322 e. The van der Waals surface area contributed by atoms with E-state index >= 15 is 0 Å². The number of amides is 2. The van der Waals surface area contributed by atoms with Crippen molar-refractivity contribution >= 4 is 23.5 Å². The summed E-state index contributed by atoms with van der Waals surface area (Å²) in [5, 5.41) is 10.4. The van der Waals surface area contributed by atoms with Gasteiger partial charge in [0.05, 0.1) is 19.7 Å². The number of hydrogen-bond donors (Lipinski definition) is 3. The molecule has 1 heterocycles. The highest BCUT2D eigenvalue weighted by atomic mass is 16.5. The number of nitrogens with zero attached hydrogens (tertiary/aromatic N) is 1. The Morgan fingerprint density at radius 1 is 1.22 bits per heavy atom. The summed E-state index contributed by atoms with van der Waals surface area (Å²) in [5.74, 6) is -0.230. The second kappa shape index (κ2) is 7.90. The number of aryl methyl sites for hydroxylation is 1. The van der Waals surface area contributed by atoms with Crippen LogP contribution in [-0.2, 0) is 16.0 Å². The standard InChI is InChI=1S/C20H22N4O3/c1-27-18(25)11-4-13-2-5-14(6-3-13)17-12-24(20(26)23-17)16-9-7-15(8-10-16)19(21)22/h2-3,5-10,17H,4,11-12H2,1H3,(H3,21,22)(H,23,26). The summed E-state index contributed by atoms with van der Waals surface area (Å²) in [5.41, 5.74) is 8.90. The van der Waals surface area contributed by atoms with Gasteiger partial charge in [-0.15, -0.1) is 0 Å². The van der Waals surface area contributed by atoms with Crippen molar-refractivity contribution in [2.75, 3.05) is 18.6 Å². The Kier molecular flexibility index (Phi) is 5.40. The van der Waals surface area contributed by atoms with E-state index in [9.17, 15) is 9.59 Å². The summed E-state index contributed by atoms with van der Waals surface area (Å²) < 4.78 is 4.65. The molecule has 0 aliphatic carbocycles. The molecule has 7 heteroatoms. The van der Waals surface area contributed by atoms with Gasteiger partial charge in [-0.25, -0.2) is 4.79 Å². The molecule has 2 aromatic carbocycles. The fourth-order valence-corrected chi connectivity index (χ4v) is 3.04. The van der Waals surface area contributed by atoms with Crippen LogP contribution in [-0.4, -0.2) is 31.5 Å². The summed E-state index contributed by atoms with van der Waals surface area (Å²) in [6.07, 6.45) is 0.971. The fraction of sp³-hybridized carbons (Fsp3) is 0.250. The zero-order valence-electron chi connectivity index (χ0n) is 15.1. The van der Waals surface area contributed by atoms with Gasteiger partial charge in [0.15, 0.2) is 0 Å². The maximum absolute atomic E-state index is 12.4. The first-order valence-electron chi connectivity index (χ1n) is 8.66. The third-order valence-corrected chi connectivity index (χ3v) is 4.63. The molecule has 4 N–H and O–H groups in total. The van der Waals surface area contributed by atoms with Crippen LogP contribution in [0.2, 0.25) is 0 Å². The molecule has 140 valence electrons. The zero-order valence-corrected chi connectivity index (χ0v) is 15.1. The molecule has 1 aliphatic heterocycles. The van der Waals surface area contributed by atoms with E-state index in [4.69, 9.17) is 11.1 Å². The van der Waals surface area contributed by atoms with Crippen molar-refractivity contribution in [1.29, 1.82) is 5.41 Å². The number of nitrogen functional groups attached to an aromatic ring is 1. The quantitative estimate of drug-likeness (QED) is 0.414. The monoisotopic (exact) mass is 366 g/mol. The molecule has 7 nitrogen and oxygen atoms in total. The Morgan fingerprint density at radius 3 is 2.48 bits per heavy atom. The van der Waals surface area contributed by atoms with E-state index in [0.29, 0.717) is 24.9 Å². The van der Waals surface area contributed by atoms with Crippen molar-refractivity contribution in [2.24, 2.45) is 5.73 Å². The molecule has 1 atom stereocenters. The molecule has 0 saturated carbocycles. The molecule has 1 aliphatic rings. The largest absolute Gasteiger partial charge is 0.469 e. The summed E-state index contributed by atoms with van der Waals surface area (Å²) in [7, 11) is 1.38. The van der Waals surface area contributed by atoms with Crippen LogP contribution in [0.5, 0.6) is 0 Å². The van der Waals surface area contributed by atoms with E-state index in [2.05, 4.69) is 10.1 Å². The summed E-state index contributed by atoms with van der Waals surface area (Å²) >= 11 is 0. The number of carbonyl (C=O) groups excluding carboxylic acids is 2. The maximum atomic E-state index is 12.4. The number of urea groups is 1. The van der Waals surface area contributed by atoms with Crippen LogP contribution in [0.1, 0.15) is 29.2 Å². The van der Waals surface area contributed by atoms with Crippen LogP contribution in [0.3, 0.4) is 0 Å². The molecule has 0 bridgehead atoms. The average molecular weight is 366 g/mol. The highest BCUT2D eigenvalue weighted by molar-refractivity contribution is 5.97. The first kappa shape index (κ1) is 18.4. The Hall–Kier alpha value is -3.35. The Balaban J connectivity index is 1.66. The molecule has 2 amide bonds. The van der Waals surface area contributed by atoms with Gasteiger partial charge in [0, 0.05) is 17.7 Å². The fourth-order valence-electron chi connectivity index (χ4n) is 3.04. The summed E-state index contributed by atoms with van der Waals surface area (Å²) in [6.45, 7) is 0.514. The van der Waals surface area contributed by atoms with Crippen molar-refractivity contribution in [3.8, 4) is 0 Å². The van der Waals surface area contributed by atoms with Gasteiger partial charge in [-0.05, 0) is 41.8 Å². The van der Waals surface area contributed by atoms with E-state index < -0.39 is 0 Å². The van der Waals surface area contributed by atoms with Gasteiger partial charge >= 0.3 is 12.0 Å². The van der Waals surface area contributed by atoms with E-state index in [0.717, 1.165) is 16.8 Å². The summed E-state index contributed by atoms with van der Waals surface area (Å²) in [4.78, 5) is 25.3. The molecule has 1 unspecified atom stereocenters. The van der Waals surface area contributed by atoms with Gasteiger partial charge in [-0.1, -0.05) is 24.3 Å². The molecule has 0 spiro atoms. The Labute approximate surface area is 157 Å². The molecule has 2 aromatic rings. The number of anilines is 1. The van der Waals surface area contributed by atoms with E-state index in [-0.39, 0.29) is 23.9 Å². The molecule has 1 fully saturated rings. The van der Waals surface area contributed by atoms with Crippen LogP contribution < -0.4 is 16.0 Å². The van der Waals surface area contributed by atoms with E-state index in [1.807, 2.05) is 24.3 Å². The molecule has 1 saturated heterocycles. The second-order valence-corrected chi connectivity index (χ2v) is 6.39. The highest BCUT2D eigenvalue weighted by Crippen LogP contribution is 2.26. The lowest BCUT2D eigenvalue weighted by molar-refractivity contribution is -0.140. The highest BCUT2D eigenvalue weighted by Gasteiger charge is 2.30. The van der Waals surface area contributed by atoms with Crippen LogP contribution in [0, 0.1) is 5.41 Å². The normalized spacial score (nSPS) is 16.1. The minimum atomic E-state index is -0.228. The molecular weight excluding hydrogens is 344 g/mol. The number of carbonyl (C=O) groups is 2. The first-order valence-corrected chi connectivity index (χ1v) is 8.66. The lowest BCUT2D eigenvalue weighted by Gasteiger charge is -2.15. The van der Waals surface area contributed by atoms with Crippen LogP contribution in [0.4, 0.5) is 10.5 Å². The average Bonchev–Trinajstić information content (AvgIpc) is 3.08. The number of benzene rings is 2. The number of rotatable bonds is 6. The third kappa shape index (κ3) is 4.25. The predicted molar refractivity (Wildman–Crippen MR) is 103 cm³/mol. The number of nitrogens with two attached hydrogens (primary N) is 1. The van der Waals surface area contributed by atoms with Crippen molar-refractivity contribution in [1.82, 2.24) is 5.32 Å². The minimum Gasteiger partial charge on any atom is -0.469 e. The number of nitrogens with one attached hydrogen (secondary N) is 2. The summed E-state index contributed by atoms with van der Waals surface area (Å²) in [6, 6.07) is 14.6. The SMILES string of the molecule is COC(=O)CCc1ccc(C2CN(c3ccc(C(=N)N)cc3)C(=O)N2)cc1. The molecule has 0 radical (unpaired) electrons. The topological polar surface area (TPSA) is 109 Å². The molecule has 0 aromatic heterocycles. The number of methoxy groups -OCH3 is 1.